The number of methoxy groups -OCH3 is 1. The van der Waals surface area contributed by atoms with Crippen molar-refractivity contribution in [3.63, 3.8) is 0 Å². The Morgan fingerprint density at radius 1 is 1.25 bits per heavy atom. The highest BCUT2D eigenvalue weighted by molar-refractivity contribution is 7.14. The Morgan fingerprint density at radius 2 is 2.11 bits per heavy atom. The van der Waals surface area contributed by atoms with Gasteiger partial charge in [-0.1, -0.05) is 6.07 Å². The van der Waals surface area contributed by atoms with Gasteiger partial charge in [-0.2, -0.15) is 0 Å². The molecule has 10 nitrogen and oxygen atoms in total. The lowest BCUT2D eigenvalue weighted by molar-refractivity contribution is -0.115. The lowest BCUT2D eigenvalue weighted by Gasteiger charge is -2.39. The molecule has 0 bridgehead atoms. The van der Waals surface area contributed by atoms with Crippen LogP contribution in [-0.2, 0) is 19.8 Å². The molecule has 0 saturated carbocycles. The smallest absolute Gasteiger partial charge is 0.253 e. The summed E-state index contributed by atoms with van der Waals surface area (Å²) in [6, 6.07) is 7.61. The molecule has 190 valence electrons. The summed E-state index contributed by atoms with van der Waals surface area (Å²) in [5.41, 5.74) is 1.82. The number of rotatable bonds is 8. The molecular formula is C25H30N6O4S. The van der Waals surface area contributed by atoms with Crippen molar-refractivity contribution in [1.29, 1.82) is 0 Å². The van der Waals surface area contributed by atoms with Gasteiger partial charge in [0.1, 0.15) is 11.5 Å². The van der Waals surface area contributed by atoms with E-state index in [1.165, 1.54) is 11.3 Å². The Kier molecular flexibility index (Phi) is 7.04. The molecule has 2 amide bonds. The first kappa shape index (κ1) is 24.4. The maximum absolute atomic E-state index is 12.5. The van der Waals surface area contributed by atoms with E-state index in [0.29, 0.717) is 29.6 Å². The summed E-state index contributed by atoms with van der Waals surface area (Å²) in [6.07, 6.45) is 5.98. The van der Waals surface area contributed by atoms with Crippen molar-refractivity contribution in [2.75, 3.05) is 50.2 Å². The number of carbonyl (C=O) groups excluding carboxylic acids is 2. The third kappa shape index (κ3) is 5.28. The molecule has 11 heteroatoms. The molecule has 5 heterocycles. The largest absolute Gasteiger partial charge is 0.380 e. The summed E-state index contributed by atoms with van der Waals surface area (Å²) >= 11 is 1.32. The summed E-state index contributed by atoms with van der Waals surface area (Å²) in [5, 5.41) is 7.74. The number of hydrogen-bond acceptors (Lipinski definition) is 8. The van der Waals surface area contributed by atoms with Gasteiger partial charge in [0, 0.05) is 38.0 Å². The number of carbonyl (C=O) groups is 2. The second-order valence-electron chi connectivity index (χ2n) is 9.39. The average Bonchev–Trinajstić information content (AvgIpc) is 3.56. The van der Waals surface area contributed by atoms with Gasteiger partial charge in [0.15, 0.2) is 5.13 Å². The van der Waals surface area contributed by atoms with Crippen LogP contribution < -0.4 is 15.5 Å². The van der Waals surface area contributed by atoms with Crippen molar-refractivity contribution in [3.05, 3.63) is 47.6 Å². The monoisotopic (exact) mass is 510 g/mol. The van der Waals surface area contributed by atoms with Crippen LogP contribution in [0, 0.1) is 0 Å². The molecule has 2 N–H and O–H groups in total. The molecule has 3 aromatic rings. The van der Waals surface area contributed by atoms with E-state index in [1.54, 1.807) is 19.4 Å². The first-order chi connectivity index (χ1) is 17.4. The molecule has 0 aliphatic carbocycles. The normalized spacial score (nSPS) is 18.9. The molecule has 36 heavy (non-hydrogen) atoms. The van der Waals surface area contributed by atoms with Crippen LogP contribution in [0.3, 0.4) is 0 Å². The topological polar surface area (TPSA) is 111 Å². The number of pyridine rings is 1. The second-order valence-corrected chi connectivity index (χ2v) is 10.3. The zero-order valence-corrected chi connectivity index (χ0v) is 21.2. The molecule has 0 spiro atoms. The van der Waals surface area contributed by atoms with Crippen molar-refractivity contribution in [2.45, 2.75) is 31.4 Å². The van der Waals surface area contributed by atoms with Crippen molar-refractivity contribution < 1.29 is 19.1 Å². The molecule has 2 aliphatic heterocycles. The zero-order valence-electron chi connectivity index (χ0n) is 20.4. The number of amides is 2. The summed E-state index contributed by atoms with van der Waals surface area (Å²) < 4.78 is 12.8. The number of ether oxygens (including phenoxy) is 2. The fraction of sp³-hybridized carbons (Fsp3) is 0.440. The molecule has 0 aromatic carbocycles. The third-order valence-corrected chi connectivity index (χ3v) is 7.35. The Balaban J connectivity index is 1.15. The van der Waals surface area contributed by atoms with E-state index in [9.17, 15) is 9.59 Å². The lowest BCUT2D eigenvalue weighted by atomic mass is 10.0. The molecule has 0 unspecified atom stereocenters. The van der Waals surface area contributed by atoms with Crippen LogP contribution in [0.2, 0.25) is 0 Å². The minimum Gasteiger partial charge on any atom is -0.380 e. The van der Waals surface area contributed by atoms with Crippen LogP contribution in [-0.4, -0.2) is 72.4 Å². The minimum atomic E-state index is -0.344. The number of anilines is 2. The maximum Gasteiger partial charge on any atom is 0.253 e. The van der Waals surface area contributed by atoms with Gasteiger partial charge in [0.05, 0.1) is 42.7 Å². The fourth-order valence-corrected chi connectivity index (χ4v) is 5.09. The minimum absolute atomic E-state index is 0.118. The number of aromatic nitrogens is 3. The van der Waals surface area contributed by atoms with E-state index >= 15 is 0 Å². The van der Waals surface area contributed by atoms with E-state index in [2.05, 4.69) is 27.4 Å². The van der Waals surface area contributed by atoms with Crippen molar-refractivity contribution in [2.24, 2.45) is 0 Å². The van der Waals surface area contributed by atoms with Gasteiger partial charge in [-0.05, 0) is 38.0 Å². The maximum atomic E-state index is 12.5. The number of nitrogens with zero attached hydrogens (tertiary/aromatic N) is 4. The standard InChI is InChI=1S/C25H30N6O4S/c1-25(15-35-16-25)31-10-8-17(12-31)23(33)26-11-22(32)29-24-28-20(14-36-24)19-6-3-7-21(27-19)30-9-4-5-18(13-30)34-2/h3,6-8,10,12,14,18H,4-5,9,11,13,15-16H2,1-2H3,(H,26,33)(H,28,29,32)/t18-/m1/s1. The van der Waals surface area contributed by atoms with Gasteiger partial charge in [-0.25, -0.2) is 9.97 Å². The molecule has 2 fully saturated rings. The van der Waals surface area contributed by atoms with Crippen LogP contribution >= 0.6 is 11.3 Å². The van der Waals surface area contributed by atoms with Crippen molar-refractivity contribution >= 4 is 34.1 Å². The van der Waals surface area contributed by atoms with Crippen LogP contribution in [0.1, 0.15) is 30.1 Å². The second kappa shape index (κ2) is 10.4. The van der Waals surface area contributed by atoms with Crippen LogP contribution in [0.15, 0.2) is 42.0 Å². The Morgan fingerprint density at radius 3 is 2.89 bits per heavy atom. The van der Waals surface area contributed by atoms with Crippen molar-refractivity contribution in [3.8, 4) is 11.4 Å². The molecule has 2 aliphatic rings. The summed E-state index contributed by atoms with van der Waals surface area (Å²) in [5.74, 6) is 0.244. The first-order valence-corrected chi connectivity index (χ1v) is 12.9. The van der Waals surface area contributed by atoms with Gasteiger partial charge in [0.25, 0.3) is 5.91 Å². The van der Waals surface area contributed by atoms with E-state index in [-0.39, 0.29) is 30.0 Å². The zero-order chi connectivity index (χ0) is 25.1. The molecule has 3 aromatic heterocycles. The van der Waals surface area contributed by atoms with Gasteiger partial charge >= 0.3 is 0 Å². The van der Waals surface area contributed by atoms with Gasteiger partial charge in [-0.3, -0.25) is 9.59 Å². The predicted octanol–water partition coefficient (Wildman–Crippen LogP) is 2.74. The predicted molar refractivity (Wildman–Crippen MR) is 137 cm³/mol. The van der Waals surface area contributed by atoms with Crippen LogP contribution in [0.25, 0.3) is 11.4 Å². The molecular weight excluding hydrogens is 480 g/mol. The fourth-order valence-electron chi connectivity index (χ4n) is 4.37. The van der Waals surface area contributed by atoms with E-state index in [1.807, 2.05) is 34.3 Å². The third-order valence-electron chi connectivity index (χ3n) is 6.60. The van der Waals surface area contributed by atoms with E-state index in [0.717, 1.165) is 37.4 Å². The molecule has 1 atom stereocenters. The van der Waals surface area contributed by atoms with E-state index < -0.39 is 0 Å². The van der Waals surface area contributed by atoms with Crippen LogP contribution in [0.4, 0.5) is 10.9 Å². The quantitative estimate of drug-likeness (QED) is 0.479. The first-order valence-electron chi connectivity index (χ1n) is 12.0. The number of nitrogens with one attached hydrogen (secondary N) is 2. The highest BCUT2D eigenvalue weighted by atomic mass is 32.1. The Labute approximate surface area is 213 Å². The summed E-state index contributed by atoms with van der Waals surface area (Å²) in [7, 11) is 1.75. The molecule has 2 saturated heterocycles. The van der Waals surface area contributed by atoms with Crippen LogP contribution in [0.5, 0.6) is 0 Å². The average molecular weight is 511 g/mol. The Bertz CT molecular complexity index is 1240. The number of thiazole rings is 1. The summed E-state index contributed by atoms with van der Waals surface area (Å²) in [4.78, 5) is 36.4. The summed E-state index contributed by atoms with van der Waals surface area (Å²) in [6.45, 7) is 4.92. The number of piperidine rings is 1. The van der Waals surface area contributed by atoms with Gasteiger partial charge in [0.2, 0.25) is 5.91 Å². The van der Waals surface area contributed by atoms with Gasteiger partial charge < -0.3 is 29.6 Å². The van der Waals surface area contributed by atoms with Crippen molar-refractivity contribution in [1.82, 2.24) is 19.9 Å². The highest BCUT2D eigenvalue weighted by Gasteiger charge is 2.35. The lowest BCUT2D eigenvalue weighted by Crippen LogP contribution is -2.48. The SMILES string of the molecule is CO[C@@H]1CCCN(c2cccc(-c3csc(NC(=O)CNC(=O)c4ccn(C5(C)COC5)c4)n3)n2)C1. The Hall–Kier alpha value is -3.28. The highest BCUT2D eigenvalue weighted by Crippen LogP contribution is 2.27. The van der Waals surface area contributed by atoms with Gasteiger partial charge in [-0.15, -0.1) is 11.3 Å². The molecule has 5 rings (SSSR count). The molecule has 0 radical (unpaired) electrons. The number of hydrogen-bond donors (Lipinski definition) is 2. The van der Waals surface area contributed by atoms with E-state index in [4.69, 9.17) is 14.5 Å².